The van der Waals surface area contributed by atoms with Gasteiger partial charge in [-0.3, -0.25) is 0 Å². The zero-order chi connectivity index (χ0) is 21.7. The molecule has 3 nitrogen and oxygen atoms in total. The highest BCUT2D eigenvalue weighted by Gasteiger charge is 2.62. The van der Waals surface area contributed by atoms with Gasteiger partial charge in [-0.1, -0.05) is 40.5 Å². The third-order valence-electron chi connectivity index (χ3n) is 11.0. The molecule has 0 aromatic heterocycles. The number of hydrogen-bond acceptors (Lipinski definition) is 3. The molecular formula is C27H48O3. The van der Waals surface area contributed by atoms with E-state index >= 15 is 0 Å². The van der Waals surface area contributed by atoms with Crippen LogP contribution in [-0.2, 0) is 0 Å². The van der Waals surface area contributed by atoms with Crippen LogP contribution < -0.4 is 0 Å². The SMILES string of the molecule is C[C@H](CO)CCC[C@@H](C)C1C(O)CC2C3CCC4C[C@@H](O)CC[C@]4(C)C3CC[C@@]21C. The van der Waals surface area contributed by atoms with Crippen LogP contribution in [0.4, 0.5) is 0 Å². The van der Waals surface area contributed by atoms with E-state index in [9.17, 15) is 15.3 Å². The Bertz CT molecular complexity index is 593. The summed E-state index contributed by atoms with van der Waals surface area (Å²) in [7, 11) is 0. The molecule has 30 heavy (non-hydrogen) atoms. The topological polar surface area (TPSA) is 60.7 Å². The van der Waals surface area contributed by atoms with E-state index in [2.05, 4.69) is 27.7 Å². The Kier molecular flexibility index (Phi) is 6.66. The van der Waals surface area contributed by atoms with Crippen molar-refractivity contribution in [3.8, 4) is 0 Å². The smallest absolute Gasteiger partial charge is 0.0579 e. The van der Waals surface area contributed by atoms with Crippen molar-refractivity contribution >= 4 is 0 Å². The Morgan fingerprint density at radius 2 is 1.60 bits per heavy atom. The summed E-state index contributed by atoms with van der Waals surface area (Å²) in [5.74, 6) is 4.37. The Hall–Kier alpha value is -0.120. The minimum atomic E-state index is -0.136. The fourth-order valence-electron chi connectivity index (χ4n) is 9.38. The molecule has 174 valence electrons. The van der Waals surface area contributed by atoms with E-state index < -0.39 is 0 Å². The molecule has 11 atom stereocenters. The first-order chi connectivity index (χ1) is 14.2. The van der Waals surface area contributed by atoms with Crippen molar-refractivity contribution in [3.05, 3.63) is 0 Å². The van der Waals surface area contributed by atoms with Crippen molar-refractivity contribution < 1.29 is 15.3 Å². The van der Waals surface area contributed by atoms with Crippen LogP contribution in [0.25, 0.3) is 0 Å². The van der Waals surface area contributed by atoms with Crippen molar-refractivity contribution in [2.24, 2.45) is 52.3 Å². The molecule has 0 saturated heterocycles. The summed E-state index contributed by atoms with van der Waals surface area (Å²) in [6.45, 7) is 9.89. The standard InChI is InChI=1S/C27H48O3/c1-17(16-28)6-5-7-18(2)25-24(30)15-23-21-9-8-19-14-20(29)10-12-26(19,3)22(21)11-13-27(23,25)4/h17-25,28-30H,5-16H2,1-4H3/t17-,18+,19?,20-,21?,22?,23?,24?,25?,26-,27-/m0/s1. The number of fused-ring (bicyclic) bond motifs is 5. The Morgan fingerprint density at radius 1 is 0.867 bits per heavy atom. The van der Waals surface area contributed by atoms with Crippen molar-refractivity contribution in [2.75, 3.05) is 6.61 Å². The van der Waals surface area contributed by atoms with E-state index in [0.717, 1.165) is 37.5 Å². The van der Waals surface area contributed by atoms with Gasteiger partial charge in [0.25, 0.3) is 0 Å². The van der Waals surface area contributed by atoms with Crippen LogP contribution in [0, 0.1) is 52.3 Å². The largest absolute Gasteiger partial charge is 0.396 e. The summed E-state index contributed by atoms with van der Waals surface area (Å²) in [6, 6.07) is 0. The molecule has 0 spiro atoms. The second-order valence-corrected chi connectivity index (χ2v) is 12.7. The van der Waals surface area contributed by atoms with Gasteiger partial charge in [-0.25, -0.2) is 0 Å². The Morgan fingerprint density at radius 3 is 2.33 bits per heavy atom. The molecule has 0 aromatic rings. The number of hydrogen-bond donors (Lipinski definition) is 3. The lowest BCUT2D eigenvalue weighted by Crippen LogP contribution is -2.54. The summed E-state index contributed by atoms with van der Waals surface area (Å²) < 4.78 is 0. The lowest BCUT2D eigenvalue weighted by atomic mass is 9.44. The molecule has 4 aliphatic carbocycles. The first kappa shape index (κ1) is 23.1. The first-order valence-electron chi connectivity index (χ1n) is 13.2. The molecule has 6 unspecified atom stereocenters. The Balaban J connectivity index is 1.47. The second kappa shape index (κ2) is 8.67. The molecule has 4 fully saturated rings. The molecule has 3 N–H and O–H groups in total. The molecular weight excluding hydrogens is 372 g/mol. The van der Waals surface area contributed by atoms with Gasteiger partial charge < -0.3 is 15.3 Å². The molecule has 4 rings (SSSR count). The average molecular weight is 421 g/mol. The van der Waals surface area contributed by atoms with Gasteiger partial charge in [-0.2, -0.15) is 0 Å². The van der Waals surface area contributed by atoms with Gasteiger partial charge in [0.2, 0.25) is 0 Å². The lowest BCUT2D eigenvalue weighted by Gasteiger charge is -2.61. The molecule has 0 heterocycles. The van der Waals surface area contributed by atoms with Crippen LogP contribution in [0.1, 0.15) is 98.3 Å². The van der Waals surface area contributed by atoms with Crippen LogP contribution in [0.3, 0.4) is 0 Å². The zero-order valence-corrected chi connectivity index (χ0v) is 20.0. The fraction of sp³-hybridized carbons (Fsp3) is 1.00. The Labute approximate surface area is 185 Å². The summed E-state index contributed by atoms with van der Waals surface area (Å²) in [5, 5.41) is 30.8. The van der Waals surface area contributed by atoms with Crippen molar-refractivity contribution in [1.29, 1.82) is 0 Å². The first-order valence-corrected chi connectivity index (χ1v) is 13.2. The van der Waals surface area contributed by atoms with Crippen LogP contribution in [0.15, 0.2) is 0 Å². The van der Waals surface area contributed by atoms with Crippen molar-refractivity contribution in [3.63, 3.8) is 0 Å². The van der Waals surface area contributed by atoms with Gasteiger partial charge in [0, 0.05) is 6.61 Å². The number of aliphatic hydroxyl groups excluding tert-OH is 3. The maximum Gasteiger partial charge on any atom is 0.0579 e. The quantitative estimate of drug-likeness (QED) is 0.538. The van der Waals surface area contributed by atoms with E-state index in [4.69, 9.17) is 0 Å². The van der Waals surface area contributed by atoms with Gasteiger partial charge in [0.1, 0.15) is 0 Å². The minimum absolute atomic E-state index is 0.0689. The average Bonchev–Trinajstić information content (AvgIpc) is 2.98. The summed E-state index contributed by atoms with van der Waals surface area (Å²) in [6.07, 6.45) is 12.7. The zero-order valence-electron chi connectivity index (χ0n) is 20.0. The van der Waals surface area contributed by atoms with Gasteiger partial charge in [0.15, 0.2) is 0 Å². The normalized spacial score (nSPS) is 50.3. The summed E-state index contributed by atoms with van der Waals surface area (Å²) in [4.78, 5) is 0. The molecule has 4 aliphatic rings. The molecule has 0 aliphatic heterocycles. The van der Waals surface area contributed by atoms with E-state index in [1.807, 2.05) is 0 Å². The maximum absolute atomic E-state index is 11.3. The van der Waals surface area contributed by atoms with Gasteiger partial charge in [-0.05, 0) is 110 Å². The lowest BCUT2D eigenvalue weighted by molar-refractivity contribution is -0.130. The van der Waals surface area contributed by atoms with E-state index in [1.165, 1.54) is 44.9 Å². The fourth-order valence-corrected chi connectivity index (χ4v) is 9.38. The van der Waals surface area contributed by atoms with Gasteiger partial charge in [-0.15, -0.1) is 0 Å². The molecule has 0 aromatic carbocycles. The van der Waals surface area contributed by atoms with Crippen LogP contribution in [-0.4, -0.2) is 34.1 Å². The van der Waals surface area contributed by atoms with Gasteiger partial charge >= 0.3 is 0 Å². The highest BCUT2D eigenvalue weighted by atomic mass is 16.3. The summed E-state index contributed by atoms with van der Waals surface area (Å²) >= 11 is 0. The van der Waals surface area contributed by atoms with E-state index in [0.29, 0.717) is 47.0 Å². The predicted molar refractivity (Wildman–Crippen MR) is 122 cm³/mol. The van der Waals surface area contributed by atoms with Crippen molar-refractivity contribution in [2.45, 2.75) is 111 Å². The van der Waals surface area contributed by atoms with Crippen LogP contribution in [0.5, 0.6) is 0 Å². The van der Waals surface area contributed by atoms with Crippen LogP contribution in [0.2, 0.25) is 0 Å². The molecule has 0 amide bonds. The van der Waals surface area contributed by atoms with Crippen LogP contribution >= 0.6 is 0 Å². The summed E-state index contributed by atoms with van der Waals surface area (Å²) in [5.41, 5.74) is 0.707. The third-order valence-corrected chi connectivity index (χ3v) is 11.0. The molecule has 4 saturated carbocycles. The monoisotopic (exact) mass is 420 g/mol. The molecule has 0 radical (unpaired) electrons. The number of rotatable bonds is 6. The van der Waals surface area contributed by atoms with E-state index in [-0.39, 0.29) is 12.2 Å². The maximum atomic E-state index is 11.3. The molecule has 3 heteroatoms. The second-order valence-electron chi connectivity index (χ2n) is 12.7. The van der Waals surface area contributed by atoms with E-state index in [1.54, 1.807) is 0 Å². The predicted octanol–water partition coefficient (Wildman–Crippen LogP) is 5.41. The highest BCUT2D eigenvalue weighted by Crippen LogP contribution is 2.68. The van der Waals surface area contributed by atoms with Crippen molar-refractivity contribution in [1.82, 2.24) is 0 Å². The third kappa shape index (κ3) is 3.79. The highest BCUT2D eigenvalue weighted by molar-refractivity contribution is 5.11. The molecule has 0 bridgehead atoms. The number of aliphatic hydroxyl groups is 3. The minimum Gasteiger partial charge on any atom is -0.396 e. The van der Waals surface area contributed by atoms with Gasteiger partial charge in [0.05, 0.1) is 12.2 Å².